The van der Waals surface area contributed by atoms with Crippen molar-refractivity contribution < 1.29 is 4.74 Å². The van der Waals surface area contributed by atoms with Gasteiger partial charge in [-0.1, -0.05) is 56.3 Å². The van der Waals surface area contributed by atoms with Crippen LogP contribution >= 0.6 is 0 Å². The van der Waals surface area contributed by atoms with Crippen molar-refractivity contribution in [3.63, 3.8) is 0 Å². The molecule has 110 valence electrons. The number of nitrogens with one attached hydrogen (secondary N) is 1. The van der Waals surface area contributed by atoms with E-state index in [1.54, 1.807) is 0 Å². The number of fused-ring (bicyclic) bond motifs is 1. The van der Waals surface area contributed by atoms with Crippen molar-refractivity contribution >= 4 is 0 Å². The Bertz CT molecular complexity index is 578. The Kier molecular flexibility index (Phi) is 3.98. The lowest BCUT2D eigenvalue weighted by Gasteiger charge is -2.23. The molecule has 1 heterocycles. The average molecular weight is 281 g/mol. The normalized spacial score (nSPS) is 18.4. The molecule has 2 atom stereocenters. The van der Waals surface area contributed by atoms with Crippen LogP contribution in [0.3, 0.4) is 0 Å². The van der Waals surface area contributed by atoms with E-state index in [9.17, 15) is 0 Å². The molecule has 0 amide bonds. The van der Waals surface area contributed by atoms with Crippen molar-refractivity contribution in [3.05, 3.63) is 65.2 Å². The first-order valence-corrected chi connectivity index (χ1v) is 7.70. The Morgan fingerprint density at radius 3 is 2.29 bits per heavy atom. The minimum absolute atomic E-state index is 0.164. The quantitative estimate of drug-likeness (QED) is 0.912. The van der Waals surface area contributed by atoms with Gasteiger partial charge in [-0.05, 0) is 35.7 Å². The summed E-state index contributed by atoms with van der Waals surface area (Å²) in [5, 5.41) is 3.42. The molecule has 0 radical (unpaired) electrons. The topological polar surface area (TPSA) is 21.3 Å². The van der Waals surface area contributed by atoms with E-state index in [0.29, 0.717) is 5.92 Å². The summed E-state index contributed by atoms with van der Waals surface area (Å²) in [7, 11) is 2.01. The van der Waals surface area contributed by atoms with E-state index in [0.717, 1.165) is 12.2 Å². The summed E-state index contributed by atoms with van der Waals surface area (Å²) in [5.74, 6) is 1.60. The molecular weight excluding hydrogens is 258 g/mol. The second-order valence-electron chi connectivity index (χ2n) is 6.06. The van der Waals surface area contributed by atoms with Crippen molar-refractivity contribution in [2.24, 2.45) is 0 Å². The first-order valence-electron chi connectivity index (χ1n) is 7.70. The molecule has 2 heteroatoms. The number of rotatable bonds is 4. The van der Waals surface area contributed by atoms with Gasteiger partial charge in [0.05, 0.1) is 6.04 Å². The highest BCUT2D eigenvalue weighted by atomic mass is 16.5. The number of hydrogen-bond donors (Lipinski definition) is 1. The smallest absolute Gasteiger partial charge is 0.123 e. The molecule has 0 spiro atoms. The Morgan fingerprint density at radius 2 is 1.67 bits per heavy atom. The Morgan fingerprint density at radius 1 is 1.00 bits per heavy atom. The molecule has 2 nitrogen and oxygen atoms in total. The van der Waals surface area contributed by atoms with Gasteiger partial charge >= 0.3 is 0 Å². The molecule has 2 unspecified atom stereocenters. The van der Waals surface area contributed by atoms with E-state index >= 15 is 0 Å². The number of para-hydroxylation sites is 1. The van der Waals surface area contributed by atoms with E-state index in [1.165, 1.54) is 16.7 Å². The molecular formula is C19H23NO. The fourth-order valence-electron chi connectivity index (χ4n) is 3.05. The van der Waals surface area contributed by atoms with Crippen molar-refractivity contribution in [1.29, 1.82) is 0 Å². The maximum Gasteiger partial charge on any atom is 0.123 e. The van der Waals surface area contributed by atoms with E-state index in [4.69, 9.17) is 4.74 Å². The molecule has 3 rings (SSSR count). The van der Waals surface area contributed by atoms with Gasteiger partial charge in [-0.15, -0.1) is 0 Å². The van der Waals surface area contributed by atoms with Gasteiger partial charge in [-0.25, -0.2) is 0 Å². The summed E-state index contributed by atoms with van der Waals surface area (Å²) < 4.78 is 6.13. The summed E-state index contributed by atoms with van der Waals surface area (Å²) in [6.45, 7) is 4.45. The lowest BCUT2D eigenvalue weighted by atomic mass is 9.95. The number of hydrogen-bond acceptors (Lipinski definition) is 2. The minimum atomic E-state index is 0.164. The molecule has 1 N–H and O–H groups in total. The van der Waals surface area contributed by atoms with Crippen LogP contribution in [-0.4, -0.2) is 13.2 Å². The molecule has 21 heavy (non-hydrogen) atoms. The molecule has 0 fully saturated rings. The van der Waals surface area contributed by atoms with Gasteiger partial charge in [0.2, 0.25) is 0 Å². The predicted molar refractivity (Wildman–Crippen MR) is 86.9 cm³/mol. The van der Waals surface area contributed by atoms with E-state index in [2.05, 4.69) is 61.6 Å². The summed E-state index contributed by atoms with van der Waals surface area (Å²) in [6, 6.07) is 17.5. The van der Waals surface area contributed by atoms with Crippen molar-refractivity contribution in [1.82, 2.24) is 5.32 Å². The lowest BCUT2D eigenvalue weighted by Crippen LogP contribution is -2.32. The Labute approximate surface area is 127 Å². The van der Waals surface area contributed by atoms with Crippen molar-refractivity contribution in [2.45, 2.75) is 38.3 Å². The van der Waals surface area contributed by atoms with Crippen LogP contribution in [0.5, 0.6) is 5.75 Å². The van der Waals surface area contributed by atoms with Gasteiger partial charge in [0.25, 0.3) is 0 Å². The van der Waals surface area contributed by atoms with Gasteiger partial charge < -0.3 is 10.1 Å². The Hall–Kier alpha value is -1.80. The van der Waals surface area contributed by atoms with Crippen LogP contribution in [0.4, 0.5) is 0 Å². The first kappa shape index (κ1) is 14.2. The maximum absolute atomic E-state index is 6.13. The summed E-state index contributed by atoms with van der Waals surface area (Å²) >= 11 is 0. The van der Waals surface area contributed by atoms with E-state index < -0.39 is 0 Å². The highest BCUT2D eigenvalue weighted by Crippen LogP contribution is 2.34. The molecule has 0 saturated heterocycles. The SMILES string of the molecule is CNC(c1ccc(C(C)C)cc1)C1Cc2ccccc2O1. The van der Waals surface area contributed by atoms with Crippen LogP contribution in [0.2, 0.25) is 0 Å². The number of likely N-dealkylation sites (N-methyl/N-ethyl adjacent to an activating group) is 1. The van der Waals surface area contributed by atoms with Gasteiger partial charge in [0.15, 0.2) is 0 Å². The maximum atomic E-state index is 6.13. The van der Waals surface area contributed by atoms with E-state index in [1.807, 2.05) is 13.1 Å². The van der Waals surface area contributed by atoms with E-state index in [-0.39, 0.29) is 12.1 Å². The summed E-state index contributed by atoms with van der Waals surface area (Å²) in [6.07, 6.45) is 1.13. The summed E-state index contributed by atoms with van der Waals surface area (Å²) in [4.78, 5) is 0. The molecule has 1 aliphatic rings. The zero-order valence-electron chi connectivity index (χ0n) is 13.0. The lowest BCUT2D eigenvalue weighted by molar-refractivity contribution is 0.183. The van der Waals surface area contributed by atoms with Gasteiger partial charge in [0, 0.05) is 6.42 Å². The fourth-order valence-corrected chi connectivity index (χ4v) is 3.05. The zero-order valence-corrected chi connectivity index (χ0v) is 13.0. The second-order valence-corrected chi connectivity index (χ2v) is 6.06. The van der Waals surface area contributed by atoms with Crippen LogP contribution in [-0.2, 0) is 6.42 Å². The highest BCUT2D eigenvalue weighted by Gasteiger charge is 2.30. The van der Waals surface area contributed by atoms with Crippen LogP contribution in [0, 0.1) is 0 Å². The van der Waals surface area contributed by atoms with Gasteiger partial charge in [0.1, 0.15) is 11.9 Å². The van der Waals surface area contributed by atoms with Gasteiger partial charge in [-0.3, -0.25) is 0 Å². The number of ether oxygens (including phenoxy) is 1. The molecule has 0 saturated carbocycles. The van der Waals surface area contributed by atoms with Gasteiger partial charge in [-0.2, -0.15) is 0 Å². The largest absolute Gasteiger partial charge is 0.488 e. The average Bonchev–Trinajstić information content (AvgIpc) is 2.92. The monoisotopic (exact) mass is 281 g/mol. The zero-order chi connectivity index (χ0) is 14.8. The van der Waals surface area contributed by atoms with Crippen LogP contribution in [0.1, 0.15) is 42.5 Å². The van der Waals surface area contributed by atoms with Crippen LogP contribution in [0.25, 0.3) is 0 Å². The molecule has 2 aromatic carbocycles. The standard InChI is InChI=1S/C19H23NO/c1-13(2)14-8-10-15(11-9-14)19(20-3)18-12-16-6-4-5-7-17(16)21-18/h4-11,13,18-20H,12H2,1-3H3. The molecule has 0 aromatic heterocycles. The molecule has 1 aliphatic heterocycles. The molecule has 0 aliphatic carbocycles. The molecule has 2 aromatic rings. The molecule has 0 bridgehead atoms. The highest BCUT2D eigenvalue weighted by molar-refractivity contribution is 5.39. The minimum Gasteiger partial charge on any atom is -0.488 e. The van der Waals surface area contributed by atoms with Crippen LogP contribution in [0.15, 0.2) is 48.5 Å². The third kappa shape index (κ3) is 2.81. The second kappa shape index (κ2) is 5.90. The first-order chi connectivity index (χ1) is 10.2. The van der Waals surface area contributed by atoms with Crippen molar-refractivity contribution in [3.8, 4) is 5.75 Å². The Balaban J connectivity index is 1.80. The summed E-state index contributed by atoms with van der Waals surface area (Å²) in [5.41, 5.74) is 3.98. The third-order valence-corrected chi connectivity index (χ3v) is 4.32. The van der Waals surface area contributed by atoms with Crippen molar-refractivity contribution in [2.75, 3.05) is 7.05 Å². The fraction of sp³-hybridized carbons (Fsp3) is 0.368. The predicted octanol–water partition coefficient (Wildman–Crippen LogP) is 4.07. The van der Waals surface area contributed by atoms with Crippen LogP contribution < -0.4 is 10.1 Å². The third-order valence-electron chi connectivity index (χ3n) is 4.32. The number of benzene rings is 2.